The largest absolute Gasteiger partial charge is 0.349 e. The van der Waals surface area contributed by atoms with Crippen LogP contribution in [0, 0.1) is 11.7 Å². The Morgan fingerprint density at radius 2 is 2.33 bits per heavy atom. The zero-order valence-corrected chi connectivity index (χ0v) is 14.1. The Morgan fingerprint density at radius 3 is 3.04 bits per heavy atom. The van der Waals surface area contributed by atoms with Gasteiger partial charge in [-0.2, -0.15) is 5.48 Å². The van der Waals surface area contributed by atoms with Crippen molar-refractivity contribution in [3.8, 4) is 0 Å². The first-order valence-corrected chi connectivity index (χ1v) is 8.45. The first-order valence-electron chi connectivity index (χ1n) is 8.45. The van der Waals surface area contributed by atoms with Gasteiger partial charge in [-0.05, 0) is 23.6 Å². The molecule has 1 aromatic rings. The Hall–Kier alpha value is -1.54. The van der Waals surface area contributed by atoms with Gasteiger partial charge in [0.1, 0.15) is 11.9 Å². The minimum absolute atomic E-state index is 0.0300. The lowest BCUT2D eigenvalue weighted by Crippen LogP contribution is -2.46. The average molecular weight is 336 g/mol. The van der Waals surface area contributed by atoms with E-state index in [2.05, 4.69) is 30.1 Å². The van der Waals surface area contributed by atoms with Crippen LogP contribution in [0.15, 0.2) is 24.3 Å². The topological polar surface area (TPSA) is 65.6 Å². The van der Waals surface area contributed by atoms with Crippen LogP contribution < -0.4 is 16.2 Å². The van der Waals surface area contributed by atoms with Crippen LogP contribution in [0.3, 0.4) is 0 Å². The molecule has 0 aromatic heterocycles. The molecular weight excluding hydrogens is 311 g/mol. The third-order valence-corrected chi connectivity index (χ3v) is 4.50. The summed E-state index contributed by atoms with van der Waals surface area (Å²) in [4.78, 5) is 17.8. The average Bonchev–Trinajstić information content (AvgIpc) is 3.17. The summed E-state index contributed by atoms with van der Waals surface area (Å²) in [5.74, 6) is 0.117. The summed E-state index contributed by atoms with van der Waals surface area (Å²) in [7, 11) is 0. The summed E-state index contributed by atoms with van der Waals surface area (Å²) in [6.07, 6.45) is 0.767. The van der Waals surface area contributed by atoms with Gasteiger partial charge in [0.05, 0.1) is 12.1 Å². The molecule has 3 rings (SSSR count). The highest BCUT2D eigenvalue weighted by atomic mass is 19.1. The van der Waals surface area contributed by atoms with Gasteiger partial charge in [-0.1, -0.05) is 26.0 Å². The van der Waals surface area contributed by atoms with Gasteiger partial charge in [0.2, 0.25) is 5.91 Å². The molecule has 2 aliphatic heterocycles. The molecule has 2 fully saturated rings. The van der Waals surface area contributed by atoms with E-state index < -0.39 is 0 Å². The van der Waals surface area contributed by atoms with E-state index in [-0.39, 0.29) is 29.9 Å². The normalized spacial score (nSPS) is 27.8. The third-order valence-electron chi connectivity index (χ3n) is 4.50. The summed E-state index contributed by atoms with van der Waals surface area (Å²) >= 11 is 0. The van der Waals surface area contributed by atoms with Crippen molar-refractivity contribution in [2.24, 2.45) is 5.92 Å². The Balaban J connectivity index is 1.45. The zero-order chi connectivity index (χ0) is 17.1. The molecule has 24 heavy (non-hydrogen) atoms. The van der Waals surface area contributed by atoms with Crippen LogP contribution in [-0.4, -0.2) is 42.2 Å². The SMILES string of the molecule is CC(C)C1CC(C(=O)NC2CNN(Cc3cccc(F)c3)C2)NO1. The van der Waals surface area contributed by atoms with Crippen LogP contribution in [0.4, 0.5) is 4.39 Å². The molecule has 3 N–H and O–H groups in total. The van der Waals surface area contributed by atoms with Crippen LogP contribution >= 0.6 is 0 Å². The Kier molecular flexibility index (Phi) is 5.45. The highest BCUT2D eigenvalue weighted by molar-refractivity contribution is 5.82. The molecule has 132 valence electrons. The van der Waals surface area contributed by atoms with Gasteiger partial charge in [-0.3, -0.25) is 15.1 Å². The summed E-state index contributed by atoms with van der Waals surface area (Å²) in [6, 6.07) is 6.30. The Labute approximate surface area is 141 Å². The monoisotopic (exact) mass is 336 g/mol. The molecule has 2 aliphatic rings. The summed E-state index contributed by atoms with van der Waals surface area (Å²) in [6.45, 7) is 6.12. The van der Waals surface area contributed by atoms with Gasteiger partial charge in [0.25, 0.3) is 0 Å². The van der Waals surface area contributed by atoms with Crippen molar-refractivity contribution < 1.29 is 14.0 Å². The minimum atomic E-state index is -0.297. The fraction of sp³-hybridized carbons (Fsp3) is 0.588. The standard InChI is InChI=1S/C17H25FN4O2/c1-11(2)16-7-15(21-24-16)17(23)20-14-8-19-22(10-14)9-12-4-3-5-13(18)6-12/h3-6,11,14-16,19,21H,7-10H2,1-2H3,(H,20,23). The maximum absolute atomic E-state index is 13.2. The van der Waals surface area contributed by atoms with E-state index in [1.807, 2.05) is 11.1 Å². The van der Waals surface area contributed by atoms with Crippen molar-refractivity contribution in [2.75, 3.05) is 13.1 Å². The third kappa shape index (κ3) is 4.30. The van der Waals surface area contributed by atoms with Crippen molar-refractivity contribution in [2.45, 2.75) is 45.0 Å². The second-order valence-electron chi connectivity index (χ2n) is 6.88. The number of nitrogens with one attached hydrogen (secondary N) is 3. The van der Waals surface area contributed by atoms with Gasteiger partial charge in [0.15, 0.2) is 0 Å². The Bertz CT molecular complexity index is 583. The molecule has 7 heteroatoms. The van der Waals surface area contributed by atoms with E-state index in [0.29, 0.717) is 32.0 Å². The number of benzene rings is 1. The number of rotatable bonds is 5. The lowest BCUT2D eigenvalue weighted by atomic mass is 10.0. The number of nitrogens with zero attached hydrogens (tertiary/aromatic N) is 1. The first kappa shape index (κ1) is 17.3. The maximum Gasteiger partial charge on any atom is 0.239 e. The molecule has 6 nitrogen and oxygen atoms in total. The van der Waals surface area contributed by atoms with E-state index in [4.69, 9.17) is 4.84 Å². The molecule has 0 radical (unpaired) electrons. The highest BCUT2D eigenvalue weighted by Crippen LogP contribution is 2.18. The van der Waals surface area contributed by atoms with Crippen molar-refractivity contribution >= 4 is 5.91 Å². The van der Waals surface area contributed by atoms with Gasteiger partial charge >= 0.3 is 0 Å². The first-order chi connectivity index (χ1) is 11.5. The van der Waals surface area contributed by atoms with E-state index >= 15 is 0 Å². The van der Waals surface area contributed by atoms with E-state index in [1.54, 1.807) is 6.07 Å². The minimum Gasteiger partial charge on any atom is -0.349 e. The van der Waals surface area contributed by atoms with Crippen molar-refractivity contribution in [1.82, 2.24) is 21.2 Å². The predicted molar refractivity (Wildman–Crippen MR) is 88.0 cm³/mol. The lowest BCUT2D eigenvalue weighted by Gasteiger charge is -2.17. The summed E-state index contributed by atoms with van der Waals surface area (Å²) < 4.78 is 13.2. The van der Waals surface area contributed by atoms with E-state index in [0.717, 1.165) is 5.56 Å². The number of hydrogen-bond acceptors (Lipinski definition) is 5. The summed E-state index contributed by atoms with van der Waals surface area (Å²) in [5, 5.41) is 5.04. The number of amides is 1. The second kappa shape index (κ2) is 7.57. The van der Waals surface area contributed by atoms with Crippen LogP contribution in [0.5, 0.6) is 0 Å². The molecule has 0 bridgehead atoms. The van der Waals surface area contributed by atoms with Crippen LogP contribution in [0.1, 0.15) is 25.8 Å². The number of hydroxylamine groups is 1. The fourth-order valence-electron chi connectivity index (χ4n) is 3.08. The molecular formula is C17H25FN4O2. The van der Waals surface area contributed by atoms with Gasteiger partial charge in [0, 0.05) is 26.1 Å². The zero-order valence-electron chi connectivity index (χ0n) is 14.1. The lowest BCUT2D eigenvalue weighted by molar-refractivity contribution is -0.125. The molecule has 1 aromatic carbocycles. The highest BCUT2D eigenvalue weighted by Gasteiger charge is 2.34. The number of carbonyl (C=O) groups excluding carboxylic acids is 1. The second-order valence-corrected chi connectivity index (χ2v) is 6.88. The Morgan fingerprint density at radius 1 is 1.50 bits per heavy atom. The van der Waals surface area contributed by atoms with Gasteiger partial charge < -0.3 is 5.32 Å². The van der Waals surface area contributed by atoms with Gasteiger partial charge in [-0.15, -0.1) is 0 Å². The van der Waals surface area contributed by atoms with Gasteiger partial charge in [-0.25, -0.2) is 9.40 Å². The number of halogens is 1. The molecule has 0 saturated carbocycles. The predicted octanol–water partition coefficient (Wildman–Crippen LogP) is 0.949. The van der Waals surface area contributed by atoms with Crippen LogP contribution in [0.25, 0.3) is 0 Å². The number of carbonyl (C=O) groups is 1. The molecule has 3 unspecified atom stereocenters. The summed E-state index contributed by atoms with van der Waals surface area (Å²) in [5.41, 5.74) is 6.98. The van der Waals surface area contributed by atoms with E-state index in [1.165, 1.54) is 12.1 Å². The van der Waals surface area contributed by atoms with Crippen LogP contribution in [0.2, 0.25) is 0 Å². The molecule has 2 heterocycles. The quantitative estimate of drug-likeness (QED) is 0.747. The fourth-order valence-corrected chi connectivity index (χ4v) is 3.08. The van der Waals surface area contributed by atoms with Crippen molar-refractivity contribution in [1.29, 1.82) is 0 Å². The smallest absolute Gasteiger partial charge is 0.239 e. The van der Waals surface area contributed by atoms with Crippen molar-refractivity contribution in [3.63, 3.8) is 0 Å². The molecule has 0 aliphatic carbocycles. The van der Waals surface area contributed by atoms with Crippen molar-refractivity contribution in [3.05, 3.63) is 35.6 Å². The molecule has 1 amide bonds. The number of hydrazine groups is 1. The van der Waals surface area contributed by atoms with E-state index in [9.17, 15) is 9.18 Å². The number of hydrogen-bond donors (Lipinski definition) is 3. The molecule has 3 atom stereocenters. The maximum atomic E-state index is 13.2. The molecule has 2 saturated heterocycles. The van der Waals surface area contributed by atoms with Crippen LogP contribution in [-0.2, 0) is 16.2 Å². The molecule has 0 spiro atoms.